The zero-order chi connectivity index (χ0) is 15.3. The molecule has 1 fully saturated rings. The molecule has 1 aliphatic heterocycles. The first-order chi connectivity index (χ1) is 10.1. The summed E-state index contributed by atoms with van der Waals surface area (Å²) in [5, 5.41) is 9.65. The molecule has 6 heteroatoms. The smallest absolute Gasteiger partial charge is 0.311 e. The highest BCUT2D eigenvalue weighted by Crippen LogP contribution is 2.37. The summed E-state index contributed by atoms with van der Waals surface area (Å²) in [4.78, 5) is 17.3. The second kappa shape index (κ2) is 6.85. The minimum Gasteiger partial charge on any atom is -0.481 e. The molecule has 1 N–H and O–H groups in total. The van der Waals surface area contributed by atoms with Crippen molar-refractivity contribution < 1.29 is 19.0 Å². The number of ether oxygens (including phenoxy) is 1. The van der Waals surface area contributed by atoms with Crippen molar-refractivity contribution in [1.82, 2.24) is 4.98 Å². The van der Waals surface area contributed by atoms with E-state index in [-0.39, 0.29) is 0 Å². The number of carbonyl (C=O) groups is 1. The number of anilines is 1. The molecule has 0 bridgehead atoms. The van der Waals surface area contributed by atoms with Gasteiger partial charge in [-0.15, -0.1) is 0 Å². The Bertz CT molecular complexity index is 498. The molecule has 1 aromatic rings. The summed E-state index contributed by atoms with van der Waals surface area (Å²) in [6, 6.07) is 1.60. The highest BCUT2D eigenvalue weighted by atomic mass is 19.1. The number of hydrogen-bond acceptors (Lipinski definition) is 4. The molecule has 1 aromatic heterocycles. The Morgan fingerprint density at radius 2 is 2.43 bits per heavy atom. The van der Waals surface area contributed by atoms with Crippen molar-refractivity contribution in [2.24, 2.45) is 5.41 Å². The largest absolute Gasteiger partial charge is 0.481 e. The molecule has 2 heterocycles. The van der Waals surface area contributed by atoms with Crippen LogP contribution in [0.3, 0.4) is 0 Å². The molecule has 0 amide bonds. The molecule has 0 aromatic carbocycles. The number of nitrogens with zero attached hydrogens (tertiary/aromatic N) is 2. The van der Waals surface area contributed by atoms with Crippen LogP contribution in [0.15, 0.2) is 18.5 Å². The zero-order valence-corrected chi connectivity index (χ0v) is 12.2. The maximum atomic E-state index is 13.9. The minimum atomic E-state index is -0.827. The van der Waals surface area contributed by atoms with Gasteiger partial charge in [-0.25, -0.2) is 4.39 Å². The molecule has 21 heavy (non-hydrogen) atoms. The summed E-state index contributed by atoms with van der Waals surface area (Å²) in [6.07, 6.45) is 5.28. The van der Waals surface area contributed by atoms with Crippen LogP contribution in [-0.2, 0) is 9.53 Å². The topological polar surface area (TPSA) is 62.7 Å². The van der Waals surface area contributed by atoms with E-state index in [9.17, 15) is 14.3 Å². The predicted molar refractivity (Wildman–Crippen MR) is 76.8 cm³/mol. The van der Waals surface area contributed by atoms with Crippen molar-refractivity contribution in [3.05, 3.63) is 24.3 Å². The number of piperidine rings is 1. The van der Waals surface area contributed by atoms with Crippen LogP contribution < -0.4 is 4.90 Å². The molecule has 5 nitrogen and oxygen atoms in total. The van der Waals surface area contributed by atoms with Gasteiger partial charge in [0.25, 0.3) is 0 Å². The Morgan fingerprint density at radius 1 is 1.62 bits per heavy atom. The molecular formula is C15H21FN2O3. The van der Waals surface area contributed by atoms with Gasteiger partial charge in [-0.1, -0.05) is 0 Å². The van der Waals surface area contributed by atoms with Gasteiger partial charge in [-0.05, 0) is 31.7 Å². The van der Waals surface area contributed by atoms with Crippen LogP contribution in [0.25, 0.3) is 0 Å². The molecule has 2 rings (SSSR count). The normalized spacial score (nSPS) is 22.3. The van der Waals surface area contributed by atoms with Gasteiger partial charge in [-0.2, -0.15) is 0 Å². The van der Waals surface area contributed by atoms with E-state index in [0.717, 1.165) is 12.6 Å². The number of rotatable bonds is 6. The van der Waals surface area contributed by atoms with Crippen LogP contribution in [-0.4, -0.2) is 42.9 Å². The lowest BCUT2D eigenvalue weighted by Gasteiger charge is -2.41. The summed E-state index contributed by atoms with van der Waals surface area (Å²) < 4.78 is 18.9. The first-order valence-corrected chi connectivity index (χ1v) is 7.16. The molecule has 0 aliphatic carbocycles. The molecule has 0 radical (unpaired) electrons. The summed E-state index contributed by atoms with van der Waals surface area (Å²) in [5.41, 5.74) is -0.394. The standard InChI is InChI=1S/C15H21FN2O3/c1-21-9-3-6-15(14(19)20)5-2-8-18(11-15)13-4-7-17-10-12(13)16/h4,7,10H,2-3,5-6,8-9,11H2,1H3,(H,19,20)/t15-/m1/s1. The molecular weight excluding hydrogens is 275 g/mol. The fraction of sp³-hybridized carbons (Fsp3) is 0.600. The number of halogens is 1. The Hall–Kier alpha value is -1.69. The maximum Gasteiger partial charge on any atom is 0.311 e. The quantitative estimate of drug-likeness (QED) is 0.816. The second-order valence-electron chi connectivity index (χ2n) is 5.53. The van der Waals surface area contributed by atoms with E-state index in [2.05, 4.69) is 4.98 Å². The molecule has 0 unspecified atom stereocenters. The van der Waals surface area contributed by atoms with Gasteiger partial charge in [0.2, 0.25) is 0 Å². The summed E-state index contributed by atoms with van der Waals surface area (Å²) in [5.74, 6) is -1.21. The number of hydrogen-bond donors (Lipinski definition) is 1. The summed E-state index contributed by atoms with van der Waals surface area (Å²) in [7, 11) is 1.60. The van der Waals surface area contributed by atoms with Crippen molar-refractivity contribution in [3.8, 4) is 0 Å². The Labute approximate surface area is 123 Å². The van der Waals surface area contributed by atoms with Crippen LogP contribution in [0, 0.1) is 11.2 Å². The van der Waals surface area contributed by atoms with Crippen LogP contribution >= 0.6 is 0 Å². The summed E-state index contributed by atoms with van der Waals surface area (Å²) >= 11 is 0. The summed E-state index contributed by atoms with van der Waals surface area (Å²) in [6.45, 7) is 1.53. The van der Waals surface area contributed by atoms with Crippen molar-refractivity contribution >= 4 is 11.7 Å². The number of aromatic nitrogens is 1. The monoisotopic (exact) mass is 296 g/mol. The average Bonchev–Trinajstić information content (AvgIpc) is 2.48. The molecule has 1 aliphatic rings. The van der Waals surface area contributed by atoms with Gasteiger partial charge >= 0.3 is 5.97 Å². The highest BCUT2D eigenvalue weighted by Gasteiger charge is 2.42. The van der Waals surface area contributed by atoms with E-state index in [1.807, 2.05) is 4.90 Å². The second-order valence-corrected chi connectivity index (χ2v) is 5.53. The van der Waals surface area contributed by atoms with Gasteiger partial charge in [0.05, 0.1) is 17.3 Å². The Balaban J connectivity index is 2.16. The lowest BCUT2D eigenvalue weighted by molar-refractivity contribution is -0.150. The van der Waals surface area contributed by atoms with Gasteiger partial charge in [0, 0.05) is 33.0 Å². The SMILES string of the molecule is COCCC[C@]1(C(=O)O)CCCN(c2ccncc2F)C1. The van der Waals surface area contributed by atoms with Gasteiger partial charge in [0.15, 0.2) is 5.82 Å². The Kier molecular flexibility index (Phi) is 5.12. The van der Waals surface area contributed by atoms with E-state index in [1.54, 1.807) is 13.2 Å². The van der Waals surface area contributed by atoms with Crippen molar-refractivity contribution in [2.75, 3.05) is 31.7 Å². The molecule has 0 saturated carbocycles. The number of carboxylic acids is 1. The van der Waals surface area contributed by atoms with Crippen LogP contribution in [0.1, 0.15) is 25.7 Å². The maximum absolute atomic E-state index is 13.9. The molecule has 1 saturated heterocycles. The van der Waals surface area contributed by atoms with Crippen molar-refractivity contribution in [2.45, 2.75) is 25.7 Å². The lowest BCUT2D eigenvalue weighted by Crippen LogP contribution is -2.48. The first-order valence-electron chi connectivity index (χ1n) is 7.16. The van der Waals surface area contributed by atoms with Gasteiger partial charge in [0.1, 0.15) is 0 Å². The fourth-order valence-corrected chi connectivity index (χ4v) is 3.00. The van der Waals surface area contributed by atoms with E-state index in [4.69, 9.17) is 4.74 Å². The number of carboxylic acid groups (broad SMARTS) is 1. The van der Waals surface area contributed by atoms with Crippen LogP contribution in [0.5, 0.6) is 0 Å². The van der Waals surface area contributed by atoms with Gasteiger partial charge < -0.3 is 14.7 Å². The lowest BCUT2D eigenvalue weighted by atomic mass is 9.76. The number of aliphatic carboxylic acids is 1. The molecule has 116 valence electrons. The van der Waals surface area contributed by atoms with Crippen molar-refractivity contribution in [1.29, 1.82) is 0 Å². The highest BCUT2D eigenvalue weighted by molar-refractivity contribution is 5.76. The van der Waals surface area contributed by atoms with Gasteiger partial charge in [-0.3, -0.25) is 9.78 Å². The molecule has 0 spiro atoms. The number of pyridine rings is 1. The first kappa shape index (κ1) is 15.7. The average molecular weight is 296 g/mol. The zero-order valence-electron chi connectivity index (χ0n) is 12.2. The Morgan fingerprint density at radius 3 is 3.10 bits per heavy atom. The van der Waals surface area contributed by atoms with E-state index in [0.29, 0.717) is 44.6 Å². The third-order valence-corrected chi connectivity index (χ3v) is 4.13. The fourth-order valence-electron chi connectivity index (χ4n) is 3.00. The van der Waals surface area contributed by atoms with E-state index in [1.165, 1.54) is 6.20 Å². The molecule has 1 atom stereocenters. The van der Waals surface area contributed by atoms with E-state index >= 15 is 0 Å². The predicted octanol–water partition coefficient (Wildman–Crippen LogP) is 2.32. The van der Waals surface area contributed by atoms with Crippen LogP contribution in [0.4, 0.5) is 10.1 Å². The third-order valence-electron chi connectivity index (χ3n) is 4.13. The third kappa shape index (κ3) is 3.50. The van der Waals surface area contributed by atoms with Crippen molar-refractivity contribution in [3.63, 3.8) is 0 Å². The van der Waals surface area contributed by atoms with Crippen LogP contribution in [0.2, 0.25) is 0 Å². The minimum absolute atomic E-state index is 0.326. The number of methoxy groups -OCH3 is 1. The van der Waals surface area contributed by atoms with E-state index < -0.39 is 17.2 Å².